The van der Waals surface area contributed by atoms with E-state index < -0.39 is 0 Å². The minimum atomic E-state index is -0.208. The maximum Gasteiger partial charge on any atom is 0.310 e. The van der Waals surface area contributed by atoms with E-state index in [0.717, 1.165) is 41.0 Å². The van der Waals surface area contributed by atoms with Gasteiger partial charge in [-0.3, -0.25) is 4.79 Å². The van der Waals surface area contributed by atoms with Gasteiger partial charge < -0.3 is 14.6 Å². The Morgan fingerprint density at radius 2 is 1.92 bits per heavy atom. The number of nitrogens with one attached hydrogen (secondary N) is 1. The molecule has 0 radical (unpaired) electrons. The summed E-state index contributed by atoms with van der Waals surface area (Å²) in [6, 6.07) is 10.8. The van der Waals surface area contributed by atoms with E-state index >= 15 is 0 Å². The molecular weight excluding hydrogens is 324 g/mol. The normalized spacial score (nSPS) is 12.9. The van der Waals surface area contributed by atoms with Gasteiger partial charge >= 0.3 is 5.97 Å². The molecule has 0 saturated carbocycles. The Morgan fingerprint density at radius 3 is 2.62 bits per heavy atom. The number of carbonyl (C=O) groups is 1. The zero-order valence-corrected chi connectivity index (χ0v) is 15.8. The Bertz CT molecular complexity index is 1010. The summed E-state index contributed by atoms with van der Waals surface area (Å²) in [6.45, 7) is 8.22. The van der Waals surface area contributed by atoms with Gasteiger partial charge in [0.2, 0.25) is 0 Å². The lowest BCUT2D eigenvalue weighted by molar-refractivity contribution is -0.139. The van der Waals surface area contributed by atoms with Crippen LogP contribution in [0.3, 0.4) is 0 Å². The maximum absolute atomic E-state index is 12.1. The van der Waals surface area contributed by atoms with Crippen molar-refractivity contribution in [3.05, 3.63) is 52.7 Å². The van der Waals surface area contributed by atoms with Crippen molar-refractivity contribution in [1.82, 2.24) is 4.57 Å². The van der Waals surface area contributed by atoms with Crippen molar-refractivity contribution < 1.29 is 9.53 Å². The van der Waals surface area contributed by atoms with Gasteiger partial charge in [0.05, 0.1) is 24.7 Å². The minimum absolute atomic E-state index is 0.208. The van der Waals surface area contributed by atoms with Crippen LogP contribution in [-0.2, 0) is 22.5 Å². The van der Waals surface area contributed by atoms with E-state index in [4.69, 9.17) is 4.74 Å². The number of ether oxygens (including phenoxy) is 1. The molecule has 0 atom stereocenters. The number of anilines is 1. The van der Waals surface area contributed by atoms with E-state index in [1.165, 1.54) is 29.3 Å². The Hall–Kier alpha value is -2.75. The molecule has 2 heterocycles. The summed E-state index contributed by atoms with van der Waals surface area (Å²) in [5, 5.41) is 4.76. The fourth-order valence-electron chi connectivity index (χ4n) is 4.10. The van der Waals surface area contributed by atoms with E-state index in [0.29, 0.717) is 0 Å². The third kappa shape index (κ3) is 2.48. The molecule has 26 heavy (non-hydrogen) atoms. The summed E-state index contributed by atoms with van der Waals surface area (Å²) in [5.74, 6) is -0.208. The van der Waals surface area contributed by atoms with Crippen molar-refractivity contribution in [2.45, 2.75) is 33.7 Å². The second kappa shape index (κ2) is 6.20. The average molecular weight is 348 g/mol. The predicted octanol–water partition coefficient (Wildman–Crippen LogP) is 4.37. The summed E-state index contributed by atoms with van der Waals surface area (Å²) in [6.07, 6.45) is 0.278. The second-order valence-electron chi connectivity index (χ2n) is 7.10. The van der Waals surface area contributed by atoms with Crippen LogP contribution in [0.5, 0.6) is 0 Å². The zero-order chi connectivity index (χ0) is 18.4. The number of methoxy groups -OCH3 is 1. The second-order valence-corrected chi connectivity index (χ2v) is 7.10. The molecule has 0 fully saturated rings. The largest absolute Gasteiger partial charge is 0.469 e. The molecule has 0 bridgehead atoms. The first-order chi connectivity index (χ1) is 12.5. The van der Waals surface area contributed by atoms with Gasteiger partial charge in [0.25, 0.3) is 0 Å². The van der Waals surface area contributed by atoms with Crippen molar-refractivity contribution in [3.8, 4) is 11.1 Å². The molecule has 0 unspecified atom stereocenters. The van der Waals surface area contributed by atoms with Gasteiger partial charge in [0.15, 0.2) is 0 Å². The Labute approximate surface area is 153 Å². The number of rotatable bonds is 3. The molecule has 134 valence electrons. The van der Waals surface area contributed by atoms with Gasteiger partial charge in [0.1, 0.15) is 0 Å². The van der Waals surface area contributed by atoms with Crippen molar-refractivity contribution in [1.29, 1.82) is 0 Å². The highest BCUT2D eigenvalue weighted by Gasteiger charge is 2.25. The van der Waals surface area contributed by atoms with Gasteiger partial charge in [-0.15, -0.1) is 0 Å². The highest BCUT2D eigenvalue weighted by molar-refractivity contribution is 6.07. The average Bonchev–Trinajstić information content (AvgIpc) is 2.98. The third-order valence-electron chi connectivity index (χ3n) is 5.47. The predicted molar refractivity (Wildman–Crippen MR) is 106 cm³/mol. The molecule has 0 saturated heterocycles. The van der Waals surface area contributed by atoms with Crippen LogP contribution < -0.4 is 5.32 Å². The van der Waals surface area contributed by atoms with Gasteiger partial charge in [-0.1, -0.05) is 29.8 Å². The number of esters is 1. The lowest BCUT2D eigenvalue weighted by atomic mass is 9.89. The molecule has 4 heteroatoms. The molecular formula is C22H24N2O2. The molecule has 1 aliphatic rings. The van der Waals surface area contributed by atoms with Crippen LogP contribution in [0, 0.1) is 20.8 Å². The topological polar surface area (TPSA) is 43.3 Å². The Kier molecular flexibility index (Phi) is 3.98. The van der Waals surface area contributed by atoms with Crippen LogP contribution in [0.25, 0.3) is 22.0 Å². The third-order valence-corrected chi connectivity index (χ3v) is 5.47. The van der Waals surface area contributed by atoms with Crippen molar-refractivity contribution in [3.63, 3.8) is 0 Å². The first kappa shape index (κ1) is 16.7. The quantitative estimate of drug-likeness (QED) is 0.715. The van der Waals surface area contributed by atoms with Crippen LogP contribution in [-0.4, -0.2) is 24.2 Å². The summed E-state index contributed by atoms with van der Waals surface area (Å²) >= 11 is 0. The Balaban J connectivity index is 2.09. The highest BCUT2D eigenvalue weighted by atomic mass is 16.5. The molecule has 0 aliphatic carbocycles. The van der Waals surface area contributed by atoms with E-state index in [1.807, 2.05) is 0 Å². The lowest BCUT2D eigenvalue weighted by Crippen LogP contribution is -2.19. The van der Waals surface area contributed by atoms with Gasteiger partial charge in [-0.05, 0) is 49.1 Å². The molecule has 4 nitrogen and oxygen atoms in total. The lowest BCUT2D eigenvalue weighted by Gasteiger charge is -2.25. The standard InChI is InChI=1S/C22H24N2O2/c1-13-5-7-16(8-6-13)20-17(12-19(25)26-4)15(3)21-22-18(20)11-14(2)24(22)10-9-23-21/h5-8,11,23H,9-10,12H2,1-4H3. The Morgan fingerprint density at radius 1 is 1.19 bits per heavy atom. The molecule has 3 aromatic rings. The summed E-state index contributed by atoms with van der Waals surface area (Å²) in [4.78, 5) is 12.1. The summed E-state index contributed by atoms with van der Waals surface area (Å²) < 4.78 is 7.37. The first-order valence-electron chi connectivity index (χ1n) is 9.04. The van der Waals surface area contributed by atoms with Crippen molar-refractivity contribution in [2.75, 3.05) is 19.0 Å². The molecule has 0 spiro atoms. The fraction of sp³-hybridized carbons (Fsp3) is 0.318. The van der Waals surface area contributed by atoms with Crippen LogP contribution in [0.15, 0.2) is 30.3 Å². The molecule has 2 aromatic carbocycles. The zero-order valence-electron chi connectivity index (χ0n) is 15.8. The number of aromatic nitrogens is 1. The van der Waals surface area contributed by atoms with Crippen LogP contribution in [0.1, 0.15) is 22.4 Å². The minimum Gasteiger partial charge on any atom is -0.469 e. The summed E-state index contributed by atoms with van der Waals surface area (Å²) in [7, 11) is 1.45. The molecule has 1 aromatic heterocycles. The monoisotopic (exact) mass is 348 g/mol. The van der Waals surface area contributed by atoms with E-state index in [9.17, 15) is 4.79 Å². The molecule has 4 rings (SSSR count). The number of aryl methyl sites for hydroxylation is 2. The SMILES string of the molecule is COC(=O)Cc1c(C)c2c3c(cc(C)n3CCN2)c1-c1ccc(C)cc1. The van der Waals surface area contributed by atoms with E-state index in [1.54, 1.807) is 0 Å². The van der Waals surface area contributed by atoms with Gasteiger partial charge in [-0.2, -0.15) is 0 Å². The number of benzene rings is 2. The number of nitrogens with zero attached hydrogens (tertiary/aromatic N) is 1. The fourth-order valence-corrected chi connectivity index (χ4v) is 4.10. The number of carbonyl (C=O) groups excluding carboxylic acids is 1. The van der Waals surface area contributed by atoms with Crippen LogP contribution in [0.4, 0.5) is 5.69 Å². The van der Waals surface area contributed by atoms with Gasteiger partial charge in [-0.25, -0.2) is 0 Å². The number of hydrogen-bond acceptors (Lipinski definition) is 3. The first-order valence-corrected chi connectivity index (χ1v) is 9.04. The van der Waals surface area contributed by atoms with Crippen LogP contribution >= 0.6 is 0 Å². The molecule has 1 N–H and O–H groups in total. The van der Waals surface area contributed by atoms with Gasteiger partial charge in [0, 0.05) is 24.2 Å². The van der Waals surface area contributed by atoms with E-state index in [2.05, 4.69) is 61.0 Å². The van der Waals surface area contributed by atoms with Crippen molar-refractivity contribution in [2.24, 2.45) is 0 Å². The molecule has 0 amide bonds. The molecule has 1 aliphatic heterocycles. The van der Waals surface area contributed by atoms with Crippen molar-refractivity contribution >= 4 is 22.6 Å². The maximum atomic E-state index is 12.1. The highest BCUT2D eigenvalue weighted by Crippen LogP contribution is 2.43. The van der Waals surface area contributed by atoms with E-state index in [-0.39, 0.29) is 12.4 Å². The van der Waals surface area contributed by atoms with Crippen LogP contribution in [0.2, 0.25) is 0 Å². The number of hydrogen-bond donors (Lipinski definition) is 1. The smallest absolute Gasteiger partial charge is 0.310 e. The summed E-state index contributed by atoms with van der Waals surface area (Å²) in [5.41, 5.74) is 9.36.